The summed E-state index contributed by atoms with van der Waals surface area (Å²) in [6, 6.07) is 3.47. The molecule has 0 unspecified atom stereocenters. The highest BCUT2D eigenvalue weighted by atomic mass is 16.5. The Bertz CT molecular complexity index is 938. The molecule has 0 radical (unpaired) electrons. The Morgan fingerprint density at radius 2 is 2.22 bits per heavy atom. The fourth-order valence-corrected chi connectivity index (χ4v) is 3.53. The van der Waals surface area contributed by atoms with Crippen LogP contribution >= 0.6 is 0 Å². The van der Waals surface area contributed by atoms with Crippen LogP contribution in [-0.2, 0) is 6.54 Å². The molecule has 0 aromatic carbocycles. The molecule has 0 bridgehead atoms. The Morgan fingerprint density at radius 1 is 1.35 bits per heavy atom. The van der Waals surface area contributed by atoms with Crippen molar-refractivity contribution in [1.82, 2.24) is 30.2 Å². The van der Waals surface area contributed by atoms with Crippen molar-refractivity contribution >= 4 is 10.9 Å². The highest BCUT2D eigenvalue weighted by Crippen LogP contribution is 2.54. The van der Waals surface area contributed by atoms with Crippen LogP contribution in [0.15, 0.2) is 33.8 Å². The maximum atomic E-state index is 12.4. The zero-order chi connectivity index (χ0) is 15.4. The summed E-state index contributed by atoms with van der Waals surface area (Å²) in [6.07, 6.45) is 3.21. The summed E-state index contributed by atoms with van der Waals surface area (Å²) in [4.78, 5) is 21.0. The Kier molecular flexibility index (Phi) is 2.63. The van der Waals surface area contributed by atoms with Gasteiger partial charge in [-0.05, 0) is 37.1 Å². The summed E-state index contributed by atoms with van der Waals surface area (Å²) in [5.74, 6) is 2.84. The fourth-order valence-electron chi connectivity index (χ4n) is 3.53. The zero-order valence-electron chi connectivity index (χ0n) is 12.2. The van der Waals surface area contributed by atoms with E-state index in [1.807, 2.05) is 0 Å². The highest BCUT2D eigenvalue weighted by molar-refractivity contribution is 5.75. The van der Waals surface area contributed by atoms with Crippen molar-refractivity contribution in [2.24, 2.45) is 11.8 Å². The van der Waals surface area contributed by atoms with E-state index < -0.39 is 0 Å². The number of fused-ring (bicyclic) bond motifs is 2. The highest BCUT2D eigenvalue weighted by Gasteiger charge is 2.55. The second kappa shape index (κ2) is 4.69. The van der Waals surface area contributed by atoms with Gasteiger partial charge >= 0.3 is 0 Å². The topological polar surface area (TPSA) is 98.7 Å². The molecule has 1 N–H and O–H groups in total. The lowest BCUT2D eigenvalue weighted by Crippen LogP contribution is -2.23. The Morgan fingerprint density at radius 3 is 3.09 bits per heavy atom. The number of aromatic nitrogens is 5. The normalized spacial score (nSPS) is 25.7. The molecule has 3 atom stereocenters. The fraction of sp³-hybridized carbons (Fsp3) is 0.400. The third kappa shape index (κ3) is 1.98. The maximum Gasteiger partial charge on any atom is 0.276 e. The summed E-state index contributed by atoms with van der Waals surface area (Å²) in [5.41, 5.74) is 0.376. The van der Waals surface area contributed by atoms with Crippen LogP contribution in [0.2, 0.25) is 0 Å². The molecule has 2 fully saturated rings. The number of nitrogens with zero attached hydrogens (tertiary/aromatic N) is 5. The average Bonchev–Trinajstić information content (AvgIpc) is 2.96. The van der Waals surface area contributed by atoms with Crippen LogP contribution in [0.25, 0.3) is 10.9 Å². The Labute approximate surface area is 130 Å². The molecule has 2 aliphatic rings. The van der Waals surface area contributed by atoms with Crippen LogP contribution < -0.4 is 10.9 Å². The molecule has 0 amide bonds. The Hall–Kier alpha value is -2.61. The lowest BCUT2D eigenvalue weighted by Gasteiger charge is -2.02. The van der Waals surface area contributed by atoms with E-state index in [9.17, 15) is 4.79 Å². The summed E-state index contributed by atoms with van der Waals surface area (Å²) in [6.45, 7) is 2.23. The Balaban J connectivity index is 1.43. The van der Waals surface area contributed by atoms with Crippen LogP contribution in [-0.4, -0.2) is 38.0 Å². The van der Waals surface area contributed by atoms with Crippen molar-refractivity contribution in [3.05, 3.63) is 46.6 Å². The summed E-state index contributed by atoms with van der Waals surface area (Å²) in [5, 5.41) is 12.1. The molecule has 1 aliphatic heterocycles. The molecule has 1 saturated carbocycles. The van der Waals surface area contributed by atoms with Crippen LogP contribution in [0.3, 0.4) is 0 Å². The molecule has 8 nitrogen and oxygen atoms in total. The molecule has 0 spiro atoms. The molecule has 5 rings (SSSR count). The minimum absolute atomic E-state index is 0.178. The molecule has 3 aromatic rings. The van der Waals surface area contributed by atoms with Gasteiger partial charge in [-0.2, -0.15) is 10.1 Å². The van der Waals surface area contributed by atoms with E-state index in [4.69, 9.17) is 4.52 Å². The average molecular weight is 310 g/mol. The van der Waals surface area contributed by atoms with E-state index >= 15 is 0 Å². The van der Waals surface area contributed by atoms with Crippen LogP contribution in [0.5, 0.6) is 0 Å². The van der Waals surface area contributed by atoms with E-state index in [0.29, 0.717) is 34.5 Å². The minimum Gasteiger partial charge on any atom is -0.337 e. The molecule has 1 saturated heterocycles. The van der Waals surface area contributed by atoms with Crippen molar-refractivity contribution in [3.63, 3.8) is 0 Å². The van der Waals surface area contributed by atoms with E-state index in [2.05, 4.69) is 25.5 Å². The number of nitrogens with one attached hydrogen (secondary N) is 1. The number of pyridine rings is 1. The van der Waals surface area contributed by atoms with Gasteiger partial charge in [-0.1, -0.05) is 5.16 Å². The number of rotatable bonds is 3. The van der Waals surface area contributed by atoms with Gasteiger partial charge in [-0.15, -0.1) is 0 Å². The monoisotopic (exact) mass is 310 g/mol. The van der Waals surface area contributed by atoms with E-state index in [1.54, 1.807) is 24.5 Å². The van der Waals surface area contributed by atoms with Gasteiger partial charge in [0, 0.05) is 12.1 Å². The first-order valence-corrected chi connectivity index (χ1v) is 7.65. The summed E-state index contributed by atoms with van der Waals surface area (Å²) < 4.78 is 6.64. The smallest absolute Gasteiger partial charge is 0.276 e. The quantitative estimate of drug-likeness (QED) is 0.735. The molecule has 3 aromatic heterocycles. The van der Waals surface area contributed by atoms with Crippen molar-refractivity contribution in [2.75, 3.05) is 13.1 Å². The van der Waals surface area contributed by atoms with E-state index in [0.717, 1.165) is 18.9 Å². The van der Waals surface area contributed by atoms with Crippen LogP contribution in [0.4, 0.5) is 0 Å². The van der Waals surface area contributed by atoms with E-state index in [1.165, 1.54) is 4.68 Å². The van der Waals surface area contributed by atoms with Gasteiger partial charge in [-0.25, -0.2) is 4.68 Å². The largest absolute Gasteiger partial charge is 0.337 e. The summed E-state index contributed by atoms with van der Waals surface area (Å²) in [7, 11) is 0. The second-order valence-corrected chi connectivity index (χ2v) is 6.10. The summed E-state index contributed by atoms with van der Waals surface area (Å²) >= 11 is 0. The van der Waals surface area contributed by atoms with E-state index in [-0.39, 0.29) is 12.1 Å². The zero-order valence-corrected chi connectivity index (χ0v) is 12.2. The third-order valence-electron chi connectivity index (χ3n) is 4.78. The first-order valence-electron chi connectivity index (χ1n) is 7.65. The van der Waals surface area contributed by atoms with Gasteiger partial charge in [0.25, 0.3) is 5.56 Å². The molecule has 23 heavy (non-hydrogen) atoms. The first kappa shape index (κ1) is 12.9. The van der Waals surface area contributed by atoms with Crippen molar-refractivity contribution in [1.29, 1.82) is 0 Å². The predicted molar refractivity (Wildman–Crippen MR) is 79.8 cm³/mol. The standard InChI is InChI=1S/C15H14N6O2/c22-15-8-2-1-3-17-11(8)6-18-21(15)7-12-19-14(20-23-12)13-9-4-16-5-10(9)13/h1-3,6,9-10,13,16H,4-5,7H2/t9-,10+,13+. The lowest BCUT2D eigenvalue weighted by molar-refractivity contribution is 0.358. The molecule has 116 valence electrons. The second-order valence-electron chi connectivity index (χ2n) is 6.10. The van der Waals surface area contributed by atoms with Crippen molar-refractivity contribution in [3.8, 4) is 0 Å². The molecule has 1 aliphatic carbocycles. The SMILES string of the molecule is O=c1c2cccnc2cnn1Cc1nc([C@H]2[C@@H]3CNC[C@@H]32)no1. The van der Waals surface area contributed by atoms with Crippen molar-refractivity contribution in [2.45, 2.75) is 12.5 Å². The van der Waals surface area contributed by atoms with Gasteiger partial charge in [-0.3, -0.25) is 9.78 Å². The van der Waals surface area contributed by atoms with Gasteiger partial charge < -0.3 is 9.84 Å². The number of piperidine rings is 1. The molecule has 4 heterocycles. The van der Waals surface area contributed by atoms with Crippen LogP contribution in [0, 0.1) is 11.8 Å². The van der Waals surface area contributed by atoms with Gasteiger partial charge in [0.05, 0.1) is 17.1 Å². The van der Waals surface area contributed by atoms with Crippen molar-refractivity contribution < 1.29 is 4.52 Å². The predicted octanol–water partition coefficient (Wildman–Crippen LogP) is 0.156. The number of hydrogen-bond acceptors (Lipinski definition) is 7. The molecule has 8 heteroatoms. The van der Waals surface area contributed by atoms with Gasteiger partial charge in [0.1, 0.15) is 6.54 Å². The maximum absolute atomic E-state index is 12.4. The van der Waals surface area contributed by atoms with Crippen LogP contribution in [0.1, 0.15) is 17.6 Å². The van der Waals surface area contributed by atoms with Gasteiger partial charge in [0.15, 0.2) is 5.82 Å². The molecular weight excluding hydrogens is 296 g/mol. The lowest BCUT2D eigenvalue weighted by atomic mass is 10.3. The molecular formula is C15H14N6O2. The minimum atomic E-state index is -0.206. The van der Waals surface area contributed by atoms with Gasteiger partial charge in [0.2, 0.25) is 5.89 Å². The first-order chi connectivity index (χ1) is 11.3. The number of hydrogen-bond donors (Lipinski definition) is 1. The third-order valence-corrected chi connectivity index (χ3v) is 4.78.